The third-order valence-electron chi connectivity index (χ3n) is 7.22. The van der Waals surface area contributed by atoms with Gasteiger partial charge in [-0.15, -0.1) is 0 Å². The van der Waals surface area contributed by atoms with Crippen LogP contribution in [0.15, 0.2) is 12.5 Å². The Bertz CT molecular complexity index is 722. The van der Waals surface area contributed by atoms with Crippen molar-refractivity contribution in [3.05, 3.63) is 12.5 Å². The number of nitrogens with zero attached hydrogens (tertiary/aromatic N) is 2. The quantitative estimate of drug-likeness (QED) is 0.0730. The second-order valence-electron chi connectivity index (χ2n) is 9.44. The van der Waals surface area contributed by atoms with E-state index < -0.39 is 0 Å². The summed E-state index contributed by atoms with van der Waals surface area (Å²) < 4.78 is 10.3. The molecule has 2 heterocycles. The fraction of sp³-hybridized carbons (Fsp3) is 0.833. The van der Waals surface area contributed by atoms with E-state index in [9.17, 15) is 9.59 Å². The summed E-state index contributed by atoms with van der Waals surface area (Å²) in [7, 11) is 0. The second-order valence-corrected chi connectivity index (χ2v) is 9.44. The zero-order valence-electron chi connectivity index (χ0n) is 24.0. The molecule has 2 fully saturated rings. The van der Waals surface area contributed by atoms with Crippen molar-refractivity contribution in [1.82, 2.24) is 9.80 Å². The average Bonchev–Trinajstić information content (AvgIpc) is 3.62. The number of carbonyl (C=O) groups is 2. The van der Waals surface area contributed by atoms with Crippen LogP contribution in [0.1, 0.15) is 53.4 Å². The minimum absolute atomic E-state index is 0.0539. The monoisotopic (exact) mass is 598 g/mol. The van der Waals surface area contributed by atoms with Crippen molar-refractivity contribution in [2.75, 3.05) is 52.6 Å². The number of hydrogen-bond acceptors (Lipinski definition) is 15. The van der Waals surface area contributed by atoms with E-state index in [0.717, 1.165) is 64.4 Å². The van der Waals surface area contributed by atoms with Crippen LogP contribution in [0, 0.1) is 23.7 Å². The highest BCUT2D eigenvalue weighted by atomic mass is 17.9. The van der Waals surface area contributed by atoms with Crippen LogP contribution < -0.4 is 0 Å². The van der Waals surface area contributed by atoms with Crippen LogP contribution in [-0.4, -0.2) is 74.2 Å². The molecule has 0 radical (unpaired) electrons. The zero-order chi connectivity index (χ0) is 29.7. The van der Waals surface area contributed by atoms with Gasteiger partial charge in [-0.2, -0.15) is 0 Å². The van der Waals surface area contributed by atoms with Gasteiger partial charge in [-0.1, -0.05) is 53.4 Å². The molecule has 0 aromatic carbocycles. The Morgan fingerprint density at radius 3 is 1.51 bits per heavy atom. The third-order valence-corrected chi connectivity index (χ3v) is 7.22. The normalized spacial score (nSPS) is 22.6. The summed E-state index contributed by atoms with van der Waals surface area (Å²) in [6.45, 7) is 11.4. The molecule has 4 unspecified atom stereocenters. The van der Waals surface area contributed by atoms with Crippen LogP contribution in [0.4, 0.5) is 0 Å². The molecule has 0 spiro atoms. The summed E-state index contributed by atoms with van der Waals surface area (Å²) in [6, 6.07) is 0. The van der Waals surface area contributed by atoms with Crippen molar-refractivity contribution in [3.8, 4) is 0 Å². The van der Waals surface area contributed by atoms with E-state index in [1.165, 1.54) is 0 Å². The first-order valence-electron chi connectivity index (χ1n) is 13.7. The Hall–Kier alpha value is -2.16. The topological polar surface area (TPSA) is 161 Å². The Balaban J connectivity index is 1.30. The molecule has 0 bridgehead atoms. The third kappa shape index (κ3) is 13.6. The van der Waals surface area contributed by atoms with Crippen molar-refractivity contribution in [2.24, 2.45) is 23.7 Å². The van der Waals surface area contributed by atoms with Crippen LogP contribution in [0.2, 0.25) is 0 Å². The molecule has 2 aliphatic rings. The molecule has 0 aliphatic carbocycles. The Labute approximate surface area is 238 Å². The minimum Gasteiger partial charge on any atom is -0.488 e. The Morgan fingerprint density at radius 1 is 0.585 bits per heavy atom. The highest BCUT2D eigenvalue weighted by Gasteiger charge is 2.33. The molecule has 0 N–H and O–H groups in total. The largest absolute Gasteiger partial charge is 0.488 e. The maximum absolute atomic E-state index is 12.2. The standard InChI is InChI=1S/C24H42N2O15/c1-5-19-13-25(14-20(19)6-2)23(27)17-29-9-11-31-33-35-37-39-41-40-38-36-34-32-12-10-30-18-24(28)26-15-21(7-3)22(8-4)16-26/h9,11,19-22H,5-8,10,12-18H2,1-4H3/b11-9-. The summed E-state index contributed by atoms with van der Waals surface area (Å²) in [4.78, 5) is 37.0. The molecule has 2 saturated heterocycles. The van der Waals surface area contributed by atoms with Crippen molar-refractivity contribution >= 4 is 11.8 Å². The van der Waals surface area contributed by atoms with E-state index >= 15 is 0 Å². The predicted octanol–water partition coefficient (Wildman–Crippen LogP) is 2.61. The predicted molar refractivity (Wildman–Crippen MR) is 131 cm³/mol. The first-order chi connectivity index (χ1) is 20.0. The number of carbonyl (C=O) groups excluding carboxylic acids is 2. The van der Waals surface area contributed by atoms with E-state index in [4.69, 9.17) is 9.47 Å². The van der Waals surface area contributed by atoms with Crippen LogP contribution in [0.3, 0.4) is 0 Å². The van der Waals surface area contributed by atoms with Crippen LogP contribution >= 0.6 is 0 Å². The van der Waals surface area contributed by atoms with Gasteiger partial charge in [0, 0.05) is 51.4 Å². The minimum atomic E-state index is -0.137. The van der Waals surface area contributed by atoms with Crippen LogP contribution in [-0.2, 0) is 74.2 Å². The summed E-state index contributed by atoms with van der Waals surface area (Å²) in [5.41, 5.74) is 0. The van der Waals surface area contributed by atoms with Gasteiger partial charge in [0.1, 0.15) is 19.5 Å². The number of rotatable bonds is 23. The lowest BCUT2D eigenvalue weighted by atomic mass is 9.92. The van der Waals surface area contributed by atoms with Crippen molar-refractivity contribution < 1.29 is 74.2 Å². The number of likely N-dealkylation sites (tertiary alicyclic amines) is 2. The SMILES string of the molecule is CCC1CN(C(=O)CO/C=C\OOOOOOOOOOOCCOCC(=O)N2CC(CC)C(CC)C2)CC1CC. The van der Waals surface area contributed by atoms with Crippen molar-refractivity contribution in [2.45, 2.75) is 53.4 Å². The summed E-state index contributed by atoms with van der Waals surface area (Å²) in [5, 5.41) is 35.3. The highest BCUT2D eigenvalue weighted by Crippen LogP contribution is 2.29. The fourth-order valence-corrected chi connectivity index (χ4v) is 4.92. The lowest BCUT2D eigenvalue weighted by molar-refractivity contribution is -0.853. The van der Waals surface area contributed by atoms with E-state index in [0.29, 0.717) is 23.7 Å². The van der Waals surface area contributed by atoms with Gasteiger partial charge in [0.05, 0.1) is 6.61 Å². The number of ether oxygens (including phenoxy) is 2. The van der Waals surface area contributed by atoms with E-state index in [2.05, 4.69) is 82.8 Å². The average molecular weight is 599 g/mol. The molecule has 2 rings (SSSR count). The fourth-order valence-electron chi connectivity index (χ4n) is 4.92. The summed E-state index contributed by atoms with van der Waals surface area (Å²) in [5.74, 6) is 1.95. The molecule has 41 heavy (non-hydrogen) atoms. The summed E-state index contributed by atoms with van der Waals surface area (Å²) in [6.07, 6.45) is 6.22. The molecule has 0 aromatic rings. The molecule has 2 amide bonds. The molecule has 0 saturated carbocycles. The number of hydrogen-bond donors (Lipinski definition) is 0. The van der Waals surface area contributed by atoms with Gasteiger partial charge in [-0.3, -0.25) is 9.59 Å². The molecular weight excluding hydrogens is 556 g/mol. The van der Waals surface area contributed by atoms with Crippen molar-refractivity contribution in [3.63, 3.8) is 0 Å². The van der Waals surface area contributed by atoms with Gasteiger partial charge < -0.3 is 24.2 Å². The van der Waals surface area contributed by atoms with Gasteiger partial charge in [0.2, 0.25) is 5.91 Å². The van der Waals surface area contributed by atoms with Crippen LogP contribution in [0.25, 0.3) is 0 Å². The maximum atomic E-state index is 12.2. The maximum Gasteiger partial charge on any atom is 0.260 e. The second kappa shape index (κ2) is 21.5. The smallest absolute Gasteiger partial charge is 0.260 e. The van der Waals surface area contributed by atoms with Crippen molar-refractivity contribution in [1.29, 1.82) is 0 Å². The molecular formula is C24H42N2O15. The first-order valence-corrected chi connectivity index (χ1v) is 13.7. The van der Waals surface area contributed by atoms with Gasteiger partial charge >= 0.3 is 0 Å². The molecule has 4 atom stereocenters. The molecule has 238 valence electrons. The van der Waals surface area contributed by atoms with Gasteiger partial charge in [-0.25, -0.2) is 4.89 Å². The number of amides is 2. The van der Waals surface area contributed by atoms with E-state index in [-0.39, 0.29) is 38.2 Å². The highest BCUT2D eigenvalue weighted by molar-refractivity contribution is 5.78. The Kier molecular flexibility index (Phi) is 18.4. The first kappa shape index (κ1) is 35.0. The lowest BCUT2D eigenvalue weighted by Crippen LogP contribution is -2.32. The Morgan fingerprint density at radius 2 is 1.02 bits per heavy atom. The van der Waals surface area contributed by atoms with E-state index in [1.807, 2.05) is 4.90 Å². The van der Waals surface area contributed by atoms with Gasteiger partial charge in [0.25, 0.3) is 5.91 Å². The zero-order valence-corrected chi connectivity index (χ0v) is 24.0. The van der Waals surface area contributed by atoms with Gasteiger partial charge in [-0.05, 0) is 43.8 Å². The molecule has 2 aliphatic heterocycles. The van der Waals surface area contributed by atoms with Gasteiger partial charge in [0.15, 0.2) is 12.9 Å². The molecule has 17 heteroatoms. The molecule has 17 nitrogen and oxygen atoms in total. The van der Waals surface area contributed by atoms with E-state index in [1.54, 1.807) is 4.90 Å². The van der Waals surface area contributed by atoms with Crippen LogP contribution in [0.5, 0.6) is 0 Å². The summed E-state index contributed by atoms with van der Waals surface area (Å²) >= 11 is 0. The molecule has 0 aromatic heterocycles. The lowest BCUT2D eigenvalue weighted by Gasteiger charge is -2.16.